The van der Waals surface area contributed by atoms with Crippen LogP contribution in [-0.4, -0.2) is 15.5 Å². The lowest BCUT2D eigenvalue weighted by atomic mass is 9.49. The van der Waals surface area contributed by atoms with E-state index in [1.54, 1.807) is 17.0 Å². The first kappa shape index (κ1) is 20.9. The van der Waals surface area contributed by atoms with Gasteiger partial charge in [-0.2, -0.15) is 0 Å². The van der Waals surface area contributed by atoms with Crippen molar-refractivity contribution in [1.29, 1.82) is 0 Å². The number of carbonyl (C=O) groups excluding carboxylic acids is 1. The number of nitrogens with one attached hydrogen (secondary N) is 1. The maximum Gasteiger partial charge on any atom is 0.263 e. The number of para-hydroxylation sites is 1. The highest BCUT2D eigenvalue weighted by Crippen LogP contribution is 2.61. The van der Waals surface area contributed by atoms with Crippen LogP contribution in [0.1, 0.15) is 44.9 Å². The molecule has 176 valence electrons. The van der Waals surface area contributed by atoms with Crippen LogP contribution in [0.5, 0.6) is 0 Å². The third-order valence-electron chi connectivity index (χ3n) is 8.77. The lowest BCUT2D eigenvalue weighted by molar-refractivity contribution is -0.124. The first-order chi connectivity index (χ1) is 17.1. The van der Waals surface area contributed by atoms with Crippen LogP contribution < -0.4 is 10.9 Å². The van der Waals surface area contributed by atoms with Gasteiger partial charge < -0.3 is 5.32 Å². The molecule has 2 aromatic carbocycles. The second-order valence-corrected chi connectivity index (χ2v) is 11.3. The van der Waals surface area contributed by atoms with Gasteiger partial charge in [-0.1, -0.05) is 24.3 Å². The van der Waals surface area contributed by atoms with Crippen LogP contribution in [0.4, 0.5) is 5.69 Å². The SMILES string of the molecule is O=C(CC12CC3CC(CC(C3)C1)C2)Nc1cccc2c(=O)n(-c3cnc4ccccc4c3)ccc12. The van der Waals surface area contributed by atoms with Crippen molar-refractivity contribution in [1.82, 2.24) is 9.55 Å². The predicted molar refractivity (Wildman–Crippen MR) is 139 cm³/mol. The minimum Gasteiger partial charge on any atom is -0.325 e. The Hall–Kier alpha value is -3.47. The predicted octanol–water partition coefficient (Wildman–Crippen LogP) is 6.08. The van der Waals surface area contributed by atoms with Gasteiger partial charge in [0.25, 0.3) is 5.56 Å². The Labute approximate surface area is 204 Å². The molecule has 2 aromatic heterocycles. The van der Waals surface area contributed by atoms with E-state index in [4.69, 9.17) is 0 Å². The van der Waals surface area contributed by atoms with Crippen molar-refractivity contribution in [3.8, 4) is 5.69 Å². The molecular formula is C30H29N3O2. The number of benzene rings is 2. The van der Waals surface area contributed by atoms with Crippen LogP contribution >= 0.6 is 0 Å². The van der Waals surface area contributed by atoms with Crippen molar-refractivity contribution in [2.45, 2.75) is 44.9 Å². The van der Waals surface area contributed by atoms with E-state index in [9.17, 15) is 9.59 Å². The molecule has 35 heavy (non-hydrogen) atoms. The highest BCUT2D eigenvalue weighted by molar-refractivity contribution is 6.02. The Kier molecular flexibility index (Phi) is 4.63. The lowest BCUT2D eigenvalue weighted by Crippen LogP contribution is -2.47. The number of rotatable bonds is 4. The zero-order valence-electron chi connectivity index (χ0n) is 19.7. The van der Waals surface area contributed by atoms with E-state index in [2.05, 4.69) is 10.3 Å². The third-order valence-corrected chi connectivity index (χ3v) is 8.77. The molecule has 8 rings (SSSR count). The molecule has 0 unspecified atom stereocenters. The van der Waals surface area contributed by atoms with Gasteiger partial charge in [0.1, 0.15) is 0 Å². The molecule has 0 saturated heterocycles. The number of pyridine rings is 2. The summed E-state index contributed by atoms with van der Waals surface area (Å²) in [7, 11) is 0. The largest absolute Gasteiger partial charge is 0.325 e. The zero-order valence-corrected chi connectivity index (χ0v) is 19.7. The fourth-order valence-corrected chi connectivity index (χ4v) is 7.82. The van der Waals surface area contributed by atoms with E-state index < -0.39 is 0 Å². The Balaban J connectivity index is 1.18. The van der Waals surface area contributed by atoms with Crippen molar-refractivity contribution in [3.63, 3.8) is 0 Å². The van der Waals surface area contributed by atoms with Crippen LogP contribution in [0.3, 0.4) is 0 Å². The molecule has 0 radical (unpaired) electrons. The molecular weight excluding hydrogens is 434 g/mol. The second kappa shape index (κ2) is 7.77. The van der Waals surface area contributed by atoms with Gasteiger partial charge in [-0.25, -0.2) is 0 Å². The molecule has 4 aliphatic carbocycles. The molecule has 1 amide bonds. The summed E-state index contributed by atoms with van der Waals surface area (Å²) >= 11 is 0. The molecule has 4 aromatic rings. The summed E-state index contributed by atoms with van der Waals surface area (Å²) in [6.45, 7) is 0. The number of hydrogen-bond donors (Lipinski definition) is 1. The fourth-order valence-electron chi connectivity index (χ4n) is 7.82. The Bertz CT molecular complexity index is 1500. The molecule has 4 aliphatic rings. The van der Waals surface area contributed by atoms with Crippen LogP contribution in [0, 0.1) is 23.2 Å². The maximum atomic E-state index is 13.4. The summed E-state index contributed by atoms with van der Waals surface area (Å²) in [5.74, 6) is 2.57. The van der Waals surface area contributed by atoms with Gasteiger partial charge in [-0.3, -0.25) is 19.1 Å². The van der Waals surface area contributed by atoms with Crippen molar-refractivity contribution >= 4 is 33.3 Å². The zero-order chi connectivity index (χ0) is 23.6. The molecule has 4 fully saturated rings. The lowest BCUT2D eigenvalue weighted by Gasteiger charge is -2.56. The van der Waals surface area contributed by atoms with Gasteiger partial charge in [-0.05, 0) is 92.0 Å². The third kappa shape index (κ3) is 3.56. The number of hydrogen-bond acceptors (Lipinski definition) is 3. The molecule has 4 bridgehead atoms. The number of carbonyl (C=O) groups is 1. The fraction of sp³-hybridized carbons (Fsp3) is 0.367. The van der Waals surface area contributed by atoms with Gasteiger partial charge in [0, 0.05) is 34.5 Å². The van der Waals surface area contributed by atoms with E-state index in [0.717, 1.165) is 45.4 Å². The number of fused-ring (bicyclic) bond motifs is 2. The van der Waals surface area contributed by atoms with E-state index in [1.807, 2.05) is 54.6 Å². The first-order valence-electron chi connectivity index (χ1n) is 12.8. The van der Waals surface area contributed by atoms with E-state index in [0.29, 0.717) is 11.8 Å². The topological polar surface area (TPSA) is 64.0 Å². The number of anilines is 1. The van der Waals surface area contributed by atoms with E-state index in [1.165, 1.54) is 38.5 Å². The molecule has 5 nitrogen and oxygen atoms in total. The van der Waals surface area contributed by atoms with Crippen LogP contribution in [0.15, 0.2) is 71.8 Å². The van der Waals surface area contributed by atoms with Gasteiger partial charge in [-0.15, -0.1) is 0 Å². The monoisotopic (exact) mass is 463 g/mol. The van der Waals surface area contributed by atoms with Crippen molar-refractivity contribution in [2.75, 3.05) is 5.32 Å². The summed E-state index contributed by atoms with van der Waals surface area (Å²) < 4.78 is 1.63. The molecule has 0 aliphatic heterocycles. The summed E-state index contributed by atoms with van der Waals surface area (Å²) in [6.07, 6.45) is 11.9. The van der Waals surface area contributed by atoms with Crippen molar-refractivity contribution in [3.05, 3.63) is 77.3 Å². The average Bonchev–Trinajstić information content (AvgIpc) is 2.83. The maximum absolute atomic E-state index is 13.4. The minimum atomic E-state index is -0.114. The summed E-state index contributed by atoms with van der Waals surface area (Å²) in [4.78, 5) is 31.2. The minimum absolute atomic E-state index is 0.0855. The molecule has 0 atom stereocenters. The van der Waals surface area contributed by atoms with Crippen LogP contribution in [-0.2, 0) is 4.79 Å². The smallest absolute Gasteiger partial charge is 0.263 e. The standard InChI is InChI=1S/C30H29N3O2/c34-28(17-30-14-19-10-20(15-30)12-21(11-19)16-30)32-27-7-3-5-25-24(27)8-9-33(29(25)35)23-13-22-4-1-2-6-26(22)31-18-23/h1-9,13,18-21H,10-12,14-17H2,(H,32,34). The summed E-state index contributed by atoms with van der Waals surface area (Å²) in [5, 5.41) is 5.53. The van der Waals surface area contributed by atoms with Gasteiger partial charge in [0.15, 0.2) is 0 Å². The molecule has 1 N–H and O–H groups in total. The van der Waals surface area contributed by atoms with Crippen molar-refractivity contribution < 1.29 is 4.79 Å². The normalized spacial score (nSPS) is 26.9. The van der Waals surface area contributed by atoms with Crippen molar-refractivity contribution in [2.24, 2.45) is 23.2 Å². The molecule has 5 heteroatoms. The van der Waals surface area contributed by atoms with Gasteiger partial charge in [0.2, 0.25) is 5.91 Å². The van der Waals surface area contributed by atoms with Gasteiger partial charge >= 0.3 is 0 Å². The van der Waals surface area contributed by atoms with Gasteiger partial charge in [0.05, 0.1) is 17.4 Å². The number of amides is 1. The second-order valence-electron chi connectivity index (χ2n) is 11.3. The van der Waals surface area contributed by atoms with E-state index in [-0.39, 0.29) is 16.9 Å². The number of aromatic nitrogens is 2. The quantitative estimate of drug-likeness (QED) is 0.399. The van der Waals surface area contributed by atoms with Crippen LogP contribution in [0.25, 0.3) is 27.4 Å². The molecule has 2 heterocycles. The molecule has 0 spiro atoms. The highest BCUT2D eigenvalue weighted by Gasteiger charge is 2.51. The first-order valence-corrected chi connectivity index (χ1v) is 12.8. The number of nitrogens with zero attached hydrogens (tertiary/aromatic N) is 2. The Morgan fingerprint density at radius 2 is 1.69 bits per heavy atom. The average molecular weight is 464 g/mol. The molecule has 4 saturated carbocycles. The summed E-state index contributed by atoms with van der Waals surface area (Å²) in [5.41, 5.74) is 2.43. The van der Waals surface area contributed by atoms with E-state index >= 15 is 0 Å². The van der Waals surface area contributed by atoms with Crippen LogP contribution in [0.2, 0.25) is 0 Å². The Morgan fingerprint density at radius 3 is 2.46 bits per heavy atom. The Morgan fingerprint density at radius 1 is 0.943 bits per heavy atom. The highest BCUT2D eigenvalue weighted by atomic mass is 16.1. The summed E-state index contributed by atoms with van der Waals surface area (Å²) in [6, 6.07) is 17.4.